The van der Waals surface area contributed by atoms with E-state index < -0.39 is 17.5 Å². The van der Waals surface area contributed by atoms with Crippen molar-refractivity contribution in [3.8, 4) is 11.5 Å². The standard InChI is InChI=1S/C26H38N2O8/c1-26(2,3)36-25(31)28-9-7-16(8-10-28)15-27-17-11-18(12-17)35-19-13-20(23(29)33-5)22(24(30)34-6)21(14-19)32-4/h13-14,16-18,27H,7-12,15H2,1-6H3/t17-,18-. The van der Waals surface area contributed by atoms with Crippen LogP contribution in [0.2, 0.25) is 0 Å². The predicted molar refractivity (Wildman–Crippen MR) is 132 cm³/mol. The number of benzene rings is 1. The average molecular weight is 507 g/mol. The fourth-order valence-electron chi connectivity index (χ4n) is 4.40. The molecule has 0 spiro atoms. The molecule has 0 atom stereocenters. The van der Waals surface area contributed by atoms with Crippen LogP contribution in [0.4, 0.5) is 4.79 Å². The maximum Gasteiger partial charge on any atom is 0.410 e. The Balaban J connectivity index is 1.47. The second kappa shape index (κ2) is 11.8. The molecule has 3 rings (SSSR count). The zero-order valence-corrected chi connectivity index (χ0v) is 22.0. The zero-order chi connectivity index (χ0) is 26.5. The first kappa shape index (κ1) is 27.6. The van der Waals surface area contributed by atoms with Gasteiger partial charge in [0, 0.05) is 25.2 Å². The first-order valence-corrected chi connectivity index (χ1v) is 12.3. The van der Waals surface area contributed by atoms with Gasteiger partial charge in [-0.1, -0.05) is 0 Å². The molecule has 1 aromatic carbocycles. The molecule has 1 aliphatic heterocycles. The van der Waals surface area contributed by atoms with E-state index in [1.165, 1.54) is 27.4 Å². The van der Waals surface area contributed by atoms with Gasteiger partial charge in [-0.15, -0.1) is 0 Å². The number of hydrogen-bond donors (Lipinski definition) is 1. The Labute approximate surface area is 212 Å². The van der Waals surface area contributed by atoms with Crippen molar-refractivity contribution in [3.05, 3.63) is 23.3 Å². The molecule has 1 N–H and O–H groups in total. The third kappa shape index (κ3) is 7.02. The molecule has 1 saturated carbocycles. The summed E-state index contributed by atoms with van der Waals surface area (Å²) in [4.78, 5) is 38.5. The van der Waals surface area contributed by atoms with Gasteiger partial charge in [-0.05, 0) is 65.0 Å². The molecular weight excluding hydrogens is 468 g/mol. The number of amides is 1. The van der Waals surface area contributed by atoms with E-state index in [0.29, 0.717) is 30.8 Å². The lowest BCUT2D eigenvalue weighted by molar-refractivity contribution is 0.0177. The number of nitrogens with zero attached hydrogens (tertiary/aromatic N) is 1. The first-order valence-electron chi connectivity index (χ1n) is 12.3. The molecule has 0 unspecified atom stereocenters. The van der Waals surface area contributed by atoms with E-state index in [1.54, 1.807) is 11.0 Å². The van der Waals surface area contributed by atoms with Crippen LogP contribution in [0, 0.1) is 5.92 Å². The van der Waals surface area contributed by atoms with E-state index in [1.807, 2.05) is 20.8 Å². The molecule has 0 aromatic heterocycles. The van der Waals surface area contributed by atoms with Gasteiger partial charge in [0.2, 0.25) is 0 Å². The van der Waals surface area contributed by atoms with Crippen molar-refractivity contribution >= 4 is 18.0 Å². The second-order valence-corrected chi connectivity index (χ2v) is 10.3. The van der Waals surface area contributed by atoms with Gasteiger partial charge in [0.1, 0.15) is 28.8 Å². The van der Waals surface area contributed by atoms with E-state index in [4.69, 9.17) is 23.7 Å². The van der Waals surface area contributed by atoms with Gasteiger partial charge < -0.3 is 33.9 Å². The van der Waals surface area contributed by atoms with Crippen molar-refractivity contribution in [1.82, 2.24) is 10.2 Å². The Bertz CT molecular complexity index is 944. The van der Waals surface area contributed by atoms with Crippen molar-refractivity contribution < 1.29 is 38.1 Å². The van der Waals surface area contributed by atoms with Crippen LogP contribution in [0.15, 0.2) is 12.1 Å². The van der Waals surface area contributed by atoms with E-state index in [2.05, 4.69) is 5.32 Å². The van der Waals surface area contributed by atoms with Crippen LogP contribution in [0.25, 0.3) is 0 Å². The summed E-state index contributed by atoms with van der Waals surface area (Å²) >= 11 is 0. The number of carbonyl (C=O) groups is 3. The van der Waals surface area contributed by atoms with Gasteiger partial charge >= 0.3 is 18.0 Å². The van der Waals surface area contributed by atoms with Crippen LogP contribution in [-0.2, 0) is 14.2 Å². The van der Waals surface area contributed by atoms with Gasteiger partial charge in [0.05, 0.1) is 26.9 Å². The highest BCUT2D eigenvalue weighted by Crippen LogP contribution is 2.33. The number of methoxy groups -OCH3 is 3. The SMILES string of the molecule is COC(=O)c1cc(O[C@H]2C[C@H](NCC3CCN(C(=O)OC(C)(C)C)CC3)C2)cc(OC)c1C(=O)OC. The molecule has 1 heterocycles. The van der Waals surface area contributed by atoms with Crippen molar-refractivity contribution in [2.45, 2.75) is 64.2 Å². The van der Waals surface area contributed by atoms with E-state index >= 15 is 0 Å². The number of rotatable bonds is 8. The number of carbonyl (C=O) groups excluding carboxylic acids is 3. The summed E-state index contributed by atoms with van der Waals surface area (Å²) in [5.41, 5.74) is -0.441. The van der Waals surface area contributed by atoms with E-state index in [-0.39, 0.29) is 29.1 Å². The summed E-state index contributed by atoms with van der Waals surface area (Å²) in [6, 6.07) is 3.41. The normalized spacial score (nSPS) is 20.2. The Morgan fingerprint density at radius 2 is 1.64 bits per heavy atom. The number of nitrogens with one attached hydrogen (secondary N) is 1. The molecule has 10 nitrogen and oxygen atoms in total. The highest BCUT2D eigenvalue weighted by molar-refractivity contribution is 6.05. The first-order chi connectivity index (χ1) is 17.0. The highest BCUT2D eigenvalue weighted by Gasteiger charge is 2.33. The summed E-state index contributed by atoms with van der Waals surface area (Å²) in [5, 5.41) is 3.61. The van der Waals surface area contributed by atoms with E-state index in [9.17, 15) is 14.4 Å². The van der Waals surface area contributed by atoms with Gasteiger partial charge in [0.15, 0.2) is 0 Å². The second-order valence-electron chi connectivity index (χ2n) is 10.3. The summed E-state index contributed by atoms with van der Waals surface area (Å²) in [6.07, 6.45) is 3.29. The van der Waals surface area contributed by atoms with Crippen LogP contribution >= 0.6 is 0 Å². The van der Waals surface area contributed by atoms with Crippen LogP contribution in [0.1, 0.15) is 67.2 Å². The lowest BCUT2D eigenvalue weighted by Crippen LogP contribution is -2.49. The van der Waals surface area contributed by atoms with Crippen LogP contribution in [0.5, 0.6) is 11.5 Å². The Morgan fingerprint density at radius 3 is 2.19 bits per heavy atom. The van der Waals surface area contributed by atoms with Gasteiger partial charge in [-0.3, -0.25) is 0 Å². The molecule has 200 valence electrons. The third-order valence-electron chi connectivity index (χ3n) is 6.45. The van der Waals surface area contributed by atoms with Crippen LogP contribution < -0.4 is 14.8 Å². The molecule has 10 heteroatoms. The van der Waals surface area contributed by atoms with Gasteiger partial charge in [-0.2, -0.15) is 0 Å². The fourth-order valence-corrected chi connectivity index (χ4v) is 4.40. The van der Waals surface area contributed by atoms with Crippen molar-refractivity contribution in [1.29, 1.82) is 0 Å². The Morgan fingerprint density at radius 1 is 1.00 bits per heavy atom. The molecule has 1 saturated heterocycles. The Hall–Kier alpha value is -3.01. The average Bonchev–Trinajstić information content (AvgIpc) is 2.82. The van der Waals surface area contributed by atoms with Crippen molar-refractivity contribution in [2.75, 3.05) is 41.0 Å². The summed E-state index contributed by atoms with van der Waals surface area (Å²) in [7, 11) is 3.89. The van der Waals surface area contributed by atoms with Crippen molar-refractivity contribution in [2.24, 2.45) is 5.92 Å². The molecule has 0 radical (unpaired) electrons. The molecule has 1 amide bonds. The number of piperidine rings is 1. The van der Waals surface area contributed by atoms with E-state index in [0.717, 1.165) is 32.2 Å². The zero-order valence-electron chi connectivity index (χ0n) is 22.0. The molecule has 2 fully saturated rings. The molecule has 2 aliphatic rings. The van der Waals surface area contributed by atoms with Gasteiger partial charge in [0.25, 0.3) is 0 Å². The maximum atomic E-state index is 12.3. The summed E-state index contributed by atoms with van der Waals surface area (Å²) in [5.74, 6) is -0.237. The van der Waals surface area contributed by atoms with Crippen LogP contribution in [-0.4, -0.2) is 81.6 Å². The molecule has 36 heavy (non-hydrogen) atoms. The van der Waals surface area contributed by atoms with Crippen molar-refractivity contribution in [3.63, 3.8) is 0 Å². The number of ether oxygens (including phenoxy) is 5. The predicted octanol–water partition coefficient (Wildman–Crippen LogP) is 3.41. The molecular formula is C26H38N2O8. The minimum absolute atomic E-state index is 0.00469. The quantitative estimate of drug-likeness (QED) is 0.419. The number of esters is 2. The lowest BCUT2D eigenvalue weighted by Gasteiger charge is -2.38. The summed E-state index contributed by atoms with van der Waals surface area (Å²) in [6.45, 7) is 7.95. The minimum atomic E-state index is -0.691. The minimum Gasteiger partial charge on any atom is -0.496 e. The largest absolute Gasteiger partial charge is 0.496 e. The topological polar surface area (TPSA) is 113 Å². The highest BCUT2D eigenvalue weighted by atomic mass is 16.6. The van der Waals surface area contributed by atoms with Crippen LogP contribution in [0.3, 0.4) is 0 Å². The van der Waals surface area contributed by atoms with Gasteiger partial charge in [-0.25, -0.2) is 14.4 Å². The smallest absolute Gasteiger partial charge is 0.410 e. The molecule has 1 aliphatic carbocycles. The fraction of sp³-hybridized carbons (Fsp3) is 0.654. The lowest BCUT2D eigenvalue weighted by atomic mass is 9.88. The summed E-state index contributed by atoms with van der Waals surface area (Å²) < 4.78 is 26.5. The Kier molecular flexibility index (Phi) is 9.05. The third-order valence-corrected chi connectivity index (χ3v) is 6.45. The number of hydrogen-bond acceptors (Lipinski definition) is 9. The monoisotopic (exact) mass is 506 g/mol. The molecule has 0 bridgehead atoms. The maximum absolute atomic E-state index is 12.3. The number of likely N-dealkylation sites (tertiary alicyclic amines) is 1. The molecule has 1 aromatic rings.